The first-order valence-corrected chi connectivity index (χ1v) is 2.99. The van der Waals surface area contributed by atoms with Gasteiger partial charge in [-0.1, -0.05) is 5.57 Å². The molecule has 0 aliphatic carbocycles. The molecule has 0 aromatic carbocycles. The van der Waals surface area contributed by atoms with Crippen molar-refractivity contribution in [1.82, 2.24) is 0 Å². The number of rotatable bonds is 2. The van der Waals surface area contributed by atoms with Gasteiger partial charge in [-0.05, 0) is 13.8 Å². The third kappa shape index (κ3) is 2.19. The Hall–Kier alpha value is -0.830. The number of ether oxygens (including phenoxy) is 1. The van der Waals surface area contributed by atoms with Crippen molar-refractivity contribution in [2.75, 3.05) is 13.7 Å². The summed E-state index contributed by atoms with van der Waals surface area (Å²) in [6, 6.07) is 0. The zero-order valence-corrected chi connectivity index (χ0v) is 6.47. The quantitative estimate of drug-likeness (QED) is 0.453. The molecule has 58 valence electrons. The first-order chi connectivity index (χ1) is 4.63. The number of aliphatic hydroxyl groups is 1. The van der Waals surface area contributed by atoms with Crippen LogP contribution in [0.15, 0.2) is 11.1 Å². The van der Waals surface area contributed by atoms with Crippen molar-refractivity contribution in [3.63, 3.8) is 0 Å². The molecule has 0 aliphatic rings. The number of methoxy groups -OCH3 is 1. The molecule has 0 atom stereocenters. The van der Waals surface area contributed by atoms with Gasteiger partial charge in [0.1, 0.15) is 0 Å². The molecule has 0 saturated carbocycles. The molecule has 0 saturated heterocycles. The molecule has 0 unspecified atom stereocenters. The van der Waals surface area contributed by atoms with Crippen LogP contribution in [0.3, 0.4) is 0 Å². The van der Waals surface area contributed by atoms with Gasteiger partial charge in [-0.3, -0.25) is 0 Å². The van der Waals surface area contributed by atoms with Crippen LogP contribution in [0.25, 0.3) is 0 Å². The van der Waals surface area contributed by atoms with Crippen LogP contribution >= 0.6 is 0 Å². The summed E-state index contributed by atoms with van der Waals surface area (Å²) >= 11 is 0. The van der Waals surface area contributed by atoms with E-state index < -0.39 is 5.97 Å². The van der Waals surface area contributed by atoms with Crippen LogP contribution in [0.4, 0.5) is 0 Å². The summed E-state index contributed by atoms with van der Waals surface area (Å²) in [4.78, 5) is 10.7. The summed E-state index contributed by atoms with van der Waals surface area (Å²) in [6.45, 7) is 3.25. The maximum atomic E-state index is 10.7. The number of carbonyl (C=O) groups excluding carboxylic acids is 1. The minimum Gasteiger partial charge on any atom is -0.466 e. The molecule has 10 heavy (non-hydrogen) atoms. The fourth-order valence-electron chi connectivity index (χ4n) is 0.550. The van der Waals surface area contributed by atoms with Gasteiger partial charge in [-0.25, -0.2) is 4.79 Å². The molecule has 0 aromatic heterocycles. The second-order valence-corrected chi connectivity index (χ2v) is 2.13. The number of carbonyl (C=O) groups is 1. The van der Waals surface area contributed by atoms with E-state index in [0.717, 1.165) is 5.57 Å². The van der Waals surface area contributed by atoms with E-state index in [1.165, 1.54) is 7.11 Å². The fraction of sp³-hybridized carbons (Fsp3) is 0.571. The molecule has 0 fully saturated rings. The van der Waals surface area contributed by atoms with Crippen LogP contribution in [0.5, 0.6) is 0 Å². The van der Waals surface area contributed by atoms with Crippen molar-refractivity contribution >= 4 is 5.97 Å². The highest BCUT2D eigenvalue weighted by atomic mass is 16.5. The van der Waals surface area contributed by atoms with Gasteiger partial charge >= 0.3 is 5.97 Å². The van der Waals surface area contributed by atoms with E-state index in [4.69, 9.17) is 5.11 Å². The van der Waals surface area contributed by atoms with Gasteiger partial charge in [0.15, 0.2) is 0 Å². The zero-order valence-electron chi connectivity index (χ0n) is 6.47. The van der Waals surface area contributed by atoms with E-state index in [9.17, 15) is 4.79 Å². The number of esters is 1. The van der Waals surface area contributed by atoms with Crippen LogP contribution in [-0.4, -0.2) is 24.8 Å². The maximum Gasteiger partial charge on any atom is 0.336 e. The van der Waals surface area contributed by atoms with Crippen molar-refractivity contribution in [1.29, 1.82) is 0 Å². The van der Waals surface area contributed by atoms with Crippen LogP contribution in [-0.2, 0) is 9.53 Å². The van der Waals surface area contributed by atoms with Gasteiger partial charge in [0.05, 0.1) is 19.3 Å². The molecule has 3 nitrogen and oxygen atoms in total. The first kappa shape index (κ1) is 9.17. The van der Waals surface area contributed by atoms with E-state index in [1.54, 1.807) is 13.8 Å². The molecule has 0 spiro atoms. The van der Waals surface area contributed by atoms with Crippen molar-refractivity contribution < 1.29 is 14.6 Å². The van der Waals surface area contributed by atoms with E-state index in [-0.39, 0.29) is 6.61 Å². The Kier molecular flexibility index (Phi) is 3.72. The van der Waals surface area contributed by atoms with Crippen LogP contribution in [0.2, 0.25) is 0 Å². The maximum absolute atomic E-state index is 10.7. The summed E-state index contributed by atoms with van der Waals surface area (Å²) in [6.07, 6.45) is 0. The molecule has 1 N–H and O–H groups in total. The molecule has 0 aliphatic heterocycles. The van der Waals surface area contributed by atoms with E-state index in [1.807, 2.05) is 0 Å². The second kappa shape index (κ2) is 4.06. The third-order valence-electron chi connectivity index (χ3n) is 1.19. The Labute approximate surface area is 60.3 Å². The Morgan fingerprint density at radius 1 is 1.50 bits per heavy atom. The topological polar surface area (TPSA) is 46.5 Å². The number of allylic oxidation sites excluding steroid dienone is 1. The first-order valence-electron chi connectivity index (χ1n) is 2.99. The summed E-state index contributed by atoms with van der Waals surface area (Å²) < 4.78 is 4.41. The predicted molar refractivity (Wildman–Crippen MR) is 37.5 cm³/mol. The summed E-state index contributed by atoms with van der Waals surface area (Å²) in [5, 5.41) is 8.64. The number of aliphatic hydroxyl groups excluding tert-OH is 1. The van der Waals surface area contributed by atoms with Crippen LogP contribution in [0.1, 0.15) is 13.8 Å². The van der Waals surface area contributed by atoms with Gasteiger partial charge in [0, 0.05) is 0 Å². The Morgan fingerprint density at radius 2 is 2.00 bits per heavy atom. The van der Waals surface area contributed by atoms with Crippen molar-refractivity contribution in [3.8, 4) is 0 Å². The van der Waals surface area contributed by atoms with Crippen molar-refractivity contribution in [2.45, 2.75) is 13.8 Å². The van der Waals surface area contributed by atoms with Gasteiger partial charge in [0.25, 0.3) is 0 Å². The molecular formula is C7H12O3. The van der Waals surface area contributed by atoms with Gasteiger partial charge < -0.3 is 9.84 Å². The lowest BCUT2D eigenvalue weighted by molar-refractivity contribution is -0.136. The van der Waals surface area contributed by atoms with E-state index in [2.05, 4.69) is 4.74 Å². The highest BCUT2D eigenvalue weighted by molar-refractivity contribution is 5.89. The van der Waals surface area contributed by atoms with Crippen molar-refractivity contribution in [2.24, 2.45) is 0 Å². The van der Waals surface area contributed by atoms with Gasteiger partial charge in [-0.15, -0.1) is 0 Å². The summed E-state index contributed by atoms with van der Waals surface area (Å²) in [5.41, 5.74) is 1.12. The SMILES string of the molecule is COC(=O)C(CO)=C(C)C. The standard InChI is InChI=1S/C7H12O3/c1-5(2)6(4-8)7(9)10-3/h8H,4H2,1-3H3. The largest absolute Gasteiger partial charge is 0.466 e. The average Bonchev–Trinajstić information content (AvgIpc) is 1.88. The lowest BCUT2D eigenvalue weighted by Crippen LogP contribution is -2.09. The molecule has 0 heterocycles. The summed E-state index contributed by atoms with van der Waals surface area (Å²) in [5.74, 6) is -0.456. The van der Waals surface area contributed by atoms with Gasteiger partial charge in [0.2, 0.25) is 0 Å². The molecule has 0 aromatic rings. The Bertz CT molecular complexity index is 154. The van der Waals surface area contributed by atoms with Crippen LogP contribution < -0.4 is 0 Å². The van der Waals surface area contributed by atoms with Gasteiger partial charge in [-0.2, -0.15) is 0 Å². The molecular weight excluding hydrogens is 132 g/mol. The highest BCUT2D eigenvalue weighted by Crippen LogP contribution is 2.03. The van der Waals surface area contributed by atoms with E-state index >= 15 is 0 Å². The van der Waals surface area contributed by atoms with Crippen LogP contribution in [0, 0.1) is 0 Å². The highest BCUT2D eigenvalue weighted by Gasteiger charge is 2.08. The van der Waals surface area contributed by atoms with Crippen molar-refractivity contribution in [3.05, 3.63) is 11.1 Å². The second-order valence-electron chi connectivity index (χ2n) is 2.13. The monoisotopic (exact) mass is 144 g/mol. The average molecular weight is 144 g/mol. The minimum absolute atomic E-state index is 0.255. The molecule has 0 bridgehead atoms. The Morgan fingerprint density at radius 3 is 2.10 bits per heavy atom. The lowest BCUT2D eigenvalue weighted by Gasteiger charge is -2.02. The molecule has 0 amide bonds. The lowest BCUT2D eigenvalue weighted by atomic mass is 10.2. The molecule has 3 heteroatoms. The zero-order chi connectivity index (χ0) is 8.15. The predicted octanol–water partition coefficient (Wildman–Crippen LogP) is 0.488. The van der Waals surface area contributed by atoms with E-state index in [0.29, 0.717) is 5.57 Å². The minimum atomic E-state index is -0.456. The smallest absolute Gasteiger partial charge is 0.336 e. The fourth-order valence-corrected chi connectivity index (χ4v) is 0.550. The summed E-state index contributed by atoms with van der Waals surface area (Å²) in [7, 11) is 1.29. The molecule has 0 rings (SSSR count). The normalized spacial score (nSPS) is 8.80. The number of hydrogen-bond donors (Lipinski definition) is 1. The third-order valence-corrected chi connectivity index (χ3v) is 1.19. The Balaban J connectivity index is 4.37. The molecule has 0 radical (unpaired) electrons. The number of hydrogen-bond acceptors (Lipinski definition) is 3.